The smallest absolute Gasteiger partial charge is 0.746 e. The first-order chi connectivity index (χ1) is 5.06. The number of unbranched alkanes of at least 4 members (excludes halogenated alkanes) is 1. The molecule has 0 aromatic heterocycles. The summed E-state index contributed by atoms with van der Waals surface area (Å²) < 4.78 is 30.2. The van der Waals surface area contributed by atoms with Crippen LogP contribution in [0.4, 0.5) is 0 Å². The van der Waals surface area contributed by atoms with Crippen LogP contribution in [0, 0.1) is 0 Å². The Hall–Kier alpha value is 2.25. The number of nitrogens with one attached hydrogen (secondary N) is 1. The largest absolute Gasteiger partial charge is 1.00 e. The van der Waals surface area contributed by atoms with Gasteiger partial charge in [0.05, 0.1) is 9.05 Å². The zero-order chi connectivity index (χ0) is 8.74. The van der Waals surface area contributed by atoms with E-state index in [0.717, 1.165) is 19.4 Å². The van der Waals surface area contributed by atoms with E-state index in [-0.39, 0.29) is 59.1 Å². The van der Waals surface area contributed by atoms with Crippen LogP contribution in [-0.4, -0.2) is 32.7 Å². The van der Waals surface area contributed by atoms with Crippen molar-refractivity contribution < 1.29 is 72.4 Å². The molecule has 0 heterocycles. The van der Waals surface area contributed by atoms with E-state index in [0.29, 0.717) is 16.1 Å². The average molecular weight is 244 g/mol. The maximum absolute atomic E-state index is 10.1. The van der Waals surface area contributed by atoms with Gasteiger partial charge in [-0.1, -0.05) is 0 Å². The number of rotatable bonds is 5. The van der Waals surface area contributed by atoms with Crippen LogP contribution in [0.1, 0.15) is 12.8 Å². The Labute approximate surface area is 128 Å². The molecule has 0 amide bonds. The Kier molecular flexibility index (Phi) is 19.6. The Morgan fingerprint density at radius 2 is 1.85 bits per heavy atom. The summed E-state index contributed by atoms with van der Waals surface area (Å²) in [7, 11) is -1.76. The number of hydrogen-bond donors (Lipinski definition) is 1. The molecule has 1 N–H and O–H groups in total. The summed E-state index contributed by atoms with van der Waals surface area (Å²) in [5.41, 5.74) is 0. The number of hydrogen-bond acceptors (Lipinski definition) is 4. The van der Waals surface area contributed by atoms with Crippen LogP contribution in [0.2, 0.25) is 0 Å². The van der Waals surface area contributed by atoms with Crippen molar-refractivity contribution in [2.24, 2.45) is 0 Å². The van der Waals surface area contributed by atoms with Gasteiger partial charge >= 0.3 is 59.1 Å². The van der Waals surface area contributed by atoms with Crippen LogP contribution >= 0.6 is 0 Å². The van der Waals surface area contributed by atoms with Crippen LogP contribution in [0.15, 0.2) is 0 Å². The first-order valence-electron chi connectivity index (χ1n) is 3.31. The minimum Gasteiger partial charge on any atom is -0.746 e. The quantitative estimate of drug-likeness (QED) is 0.296. The summed E-state index contributed by atoms with van der Waals surface area (Å²) in [5, 5.41) is 2.93. The molecule has 0 aliphatic heterocycles. The van der Waals surface area contributed by atoms with Gasteiger partial charge in [0.15, 0.2) is 5.75 Å². The normalized spacial score (nSPS) is 9.77. The second-order valence-corrected chi connectivity index (χ2v) is 5.43. The molecule has 0 rings (SSSR count). The Morgan fingerprint density at radius 1 is 1.31 bits per heavy atom. The van der Waals surface area contributed by atoms with Gasteiger partial charge in [-0.15, -0.1) is 0 Å². The Bertz CT molecular complexity index is 198. The second-order valence-electron chi connectivity index (χ2n) is 2.04. The van der Waals surface area contributed by atoms with Crippen LogP contribution < -0.4 is 64.4 Å². The fraction of sp³-hybridized carbons (Fsp3) is 1.00. The van der Waals surface area contributed by atoms with Gasteiger partial charge in [0, 0.05) is 6.42 Å². The third-order valence-corrected chi connectivity index (χ3v) is 3.16. The maximum atomic E-state index is 10.1. The van der Waals surface area contributed by atoms with Crippen LogP contribution in [0.5, 0.6) is 0 Å². The van der Waals surface area contributed by atoms with Gasteiger partial charge in [0.2, 0.25) is 10.3 Å². The van der Waals surface area contributed by atoms with Crippen molar-refractivity contribution >= 4 is 19.4 Å². The van der Waals surface area contributed by atoms with Crippen LogP contribution in [0.25, 0.3) is 0 Å². The molecule has 0 spiro atoms. The molecule has 0 saturated heterocycles. The molecular weight excluding hydrogens is 232 g/mol. The van der Waals surface area contributed by atoms with Gasteiger partial charge in [0.1, 0.15) is 0 Å². The summed E-state index contributed by atoms with van der Waals surface area (Å²) >= 11 is 0. The predicted octanol–water partition coefficient (Wildman–Crippen LogP) is -6.46. The van der Waals surface area contributed by atoms with Crippen molar-refractivity contribution in [2.75, 3.05) is 19.3 Å². The molecule has 0 aliphatic carbocycles. The van der Waals surface area contributed by atoms with Gasteiger partial charge < -0.3 is 14.4 Å². The average Bonchev–Trinajstić information content (AvgIpc) is 1.85. The minimum absolute atomic E-state index is 0. The molecule has 68 valence electrons. The summed E-state index contributed by atoms with van der Waals surface area (Å²) in [5.74, 6) is 0.396. The molecular formula is C5H12NNa2O3S2+. The van der Waals surface area contributed by atoms with Crippen molar-refractivity contribution in [1.29, 1.82) is 0 Å². The van der Waals surface area contributed by atoms with E-state index < -0.39 is 9.05 Å². The zero-order valence-corrected chi connectivity index (χ0v) is 14.0. The topological polar surface area (TPSA) is 75.2 Å². The molecule has 0 radical (unpaired) electrons. The first kappa shape index (κ1) is 20.6. The van der Waals surface area contributed by atoms with Gasteiger partial charge in [-0.05, 0) is 20.0 Å². The van der Waals surface area contributed by atoms with Gasteiger partial charge in [-0.3, -0.25) is 0 Å². The first-order valence-corrected chi connectivity index (χ1v) is 6.22. The fourth-order valence-electron chi connectivity index (χ4n) is 0.565. The van der Waals surface area contributed by atoms with E-state index in [1.54, 1.807) is 0 Å². The van der Waals surface area contributed by atoms with Gasteiger partial charge in [-0.25, -0.2) is 4.21 Å². The molecule has 0 aromatic rings. The maximum Gasteiger partial charge on any atom is 1.00 e. The van der Waals surface area contributed by atoms with E-state index in [2.05, 4.69) is 5.32 Å². The fourth-order valence-corrected chi connectivity index (χ4v) is 2.06. The SMILES string of the molecule is CNCCCC[S+]=S(=O)([O-])[O-].[Na+].[Na+]. The van der Waals surface area contributed by atoms with Crippen molar-refractivity contribution in [1.82, 2.24) is 5.32 Å². The summed E-state index contributed by atoms with van der Waals surface area (Å²) in [6.07, 6.45) is 1.66. The zero-order valence-electron chi connectivity index (χ0n) is 8.37. The van der Waals surface area contributed by atoms with Crippen LogP contribution in [0.3, 0.4) is 0 Å². The minimum atomic E-state index is -4.07. The molecule has 13 heavy (non-hydrogen) atoms. The van der Waals surface area contributed by atoms with E-state index in [1.807, 2.05) is 7.05 Å². The van der Waals surface area contributed by atoms with Crippen molar-refractivity contribution in [3.05, 3.63) is 0 Å². The molecule has 8 heteroatoms. The molecule has 0 bridgehead atoms. The van der Waals surface area contributed by atoms with E-state index in [4.69, 9.17) is 0 Å². The summed E-state index contributed by atoms with van der Waals surface area (Å²) in [6.45, 7) is 0.861. The van der Waals surface area contributed by atoms with Crippen molar-refractivity contribution in [3.63, 3.8) is 0 Å². The molecule has 4 nitrogen and oxygen atoms in total. The summed E-state index contributed by atoms with van der Waals surface area (Å²) in [4.78, 5) is 0. The molecule has 0 saturated carbocycles. The third kappa shape index (κ3) is 20.4. The molecule has 0 aromatic carbocycles. The molecule has 0 fully saturated rings. The molecule has 0 atom stereocenters. The molecule has 0 unspecified atom stereocenters. The van der Waals surface area contributed by atoms with E-state index in [1.165, 1.54) is 0 Å². The third-order valence-electron chi connectivity index (χ3n) is 1.05. The predicted molar refractivity (Wildman–Crippen MR) is 45.1 cm³/mol. The van der Waals surface area contributed by atoms with Crippen molar-refractivity contribution in [2.45, 2.75) is 12.8 Å². The summed E-state index contributed by atoms with van der Waals surface area (Å²) in [6, 6.07) is 0. The van der Waals surface area contributed by atoms with Gasteiger partial charge in [0.25, 0.3) is 0 Å². The second kappa shape index (κ2) is 12.3. The van der Waals surface area contributed by atoms with Crippen molar-refractivity contribution in [3.8, 4) is 0 Å². The van der Waals surface area contributed by atoms with E-state index in [9.17, 15) is 13.3 Å². The van der Waals surface area contributed by atoms with E-state index >= 15 is 0 Å². The monoisotopic (exact) mass is 244 g/mol. The Balaban J connectivity index is -0.000000500. The standard InChI is InChI=1S/C5H13NO3S2.2Na/c1-6-4-2-3-5-10-11(7,8)9;;/h6H,2-5H2,1H3,(H-,7,8,9);;/q;2*+1/p-1. The van der Waals surface area contributed by atoms with Crippen LogP contribution in [-0.2, 0) is 19.4 Å². The van der Waals surface area contributed by atoms with Gasteiger partial charge in [-0.2, -0.15) is 0 Å². The Morgan fingerprint density at radius 3 is 2.23 bits per heavy atom. The molecule has 0 aliphatic rings.